The van der Waals surface area contributed by atoms with Crippen molar-refractivity contribution in [3.63, 3.8) is 0 Å². The van der Waals surface area contributed by atoms with E-state index in [2.05, 4.69) is 0 Å². The Kier molecular flexibility index (Phi) is 2.32. The number of fused-ring (bicyclic) bond motifs is 2. The Morgan fingerprint density at radius 1 is 1.40 bits per heavy atom. The molecule has 0 aliphatic heterocycles. The highest BCUT2D eigenvalue weighted by atomic mass is 16.3. The zero-order valence-corrected chi connectivity index (χ0v) is 9.06. The molecule has 2 fully saturated rings. The minimum atomic E-state index is 0.345. The lowest BCUT2D eigenvalue weighted by Crippen LogP contribution is -2.35. The van der Waals surface area contributed by atoms with Gasteiger partial charge in [-0.05, 0) is 55.1 Å². The fraction of sp³-hybridized carbons (Fsp3) is 0.692. The van der Waals surface area contributed by atoms with E-state index in [1.807, 2.05) is 12.3 Å². The molecule has 82 valence electrons. The van der Waals surface area contributed by atoms with Crippen molar-refractivity contribution in [2.24, 2.45) is 23.5 Å². The Morgan fingerprint density at radius 2 is 2.33 bits per heavy atom. The van der Waals surface area contributed by atoms with E-state index in [0.29, 0.717) is 6.04 Å². The molecule has 2 N–H and O–H groups in total. The summed E-state index contributed by atoms with van der Waals surface area (Å²) in [7, 11) is 0. The molecule has 0 radical (unpaired) electrons. The molecule has 1 heterocycles. The summed E-state index contributed by atoms with van der Waals surface area (Å²) >= 11 is 0. The van der Waals surface area contributed by atoms with Gasteiger partial charge < -0.3 is 10.2 Å². The summed E-state index contributed by atoms with van der Waals surface area (Å²) in [6.07, 6.45) is 10.3. The Balaban J connectivity index is 1.63. The van der Waals surface area contributed by atoms with Crippen LogP contribution < -0.4 is 5.73 Å². The summed E-state index contributed by atoms with van der Waals surface area (Å²) in [5, 5.41) is 0. The summed E-state index contributed by atoms with van der Waals surface area (Å²) < 4.78 is 5.08. The molecule has 2 nitrogen and oxygen atoms in total. The minimum Gasteiger partial charge on any atom is -0.472 e. The van der Waals surface area contributed by atoms with Crippen molar-refractivity contribution in [2.45, 2.75) is 38.1 Å². The minimum absolute atomic E-state index is 0.345. The maximum Gasteiger partial charge on any atom is 0.0935 e. The van der Waals surface area contributed by atoms with Crippen molar-refractivity contribution in [1.29, 1.82) is 0 Å². The number of nitrogens with two attached hydrogens (primary N) is 1. The van der Waals surface area contributed by atoms with Gasteiger partial charge in [-0.25, -0.2) is 0 Å². The van der Waals surface area contributed by atoms with Crippen LogP contribution in [0.25, 0.3) is 0 Å². The van der Waals surface area contributed by atoms with Gasteiger partial charge >= 0.3 is 0 Å². The molecule has 2 heteroatoms. The van der Waals surface area contributed by atoms with E-state index in [4.69, 9.17) is 10.2 Å². The third kappa shape index (κ3) is 1.71. The van der Waals surface area contributed by atoms with Gasteiger partial charge in [-0.1, -0.05) is 6.42 Å². The van der Waals surface area contributed by atoms with Gasteiger partial charge in [0.25, 0.3) is 0 Å². The van der Waals surface area contributed by atoms with Gasteiger partial charge in [-0.3, -0.25) is 0 Å². The third-order valence-corrected chi connectivity index (χ3v) is 4.39. The van der Waals surface area contributed by atoms with E-state index in [0.717, 1.165) is 24.2 Å². The number of hydrogen-bond acceptors (Lipinski definition) is 2. The fourth-order valence-corrected chi connectivity index (χ4v) is 3.65. The van der Waals surface area contributed by atoms with Crippen molar-refractivity contribution in [3.8, 4) is 0 Å². The Hall–Kier alpha value is -0.760. The van der Waals surface area contributed by atoms with Crippen molar-refractivity contribution >= 4 is 0 Å². The first-order chi connectivity index (χ1) is 7.33. The van der Waals surface area contributed by atoms with E-state index in [1.54, 1.807) is 6.26 Å². The summed E-state index contributed by atoms with van der Waals surface area (Å²) in [6.45, 7) is 0. The van der Waals surface area contributed by atoms with E-state index >= 15 is 0 Å². The molecule has 1 aromatic heterocycles. The predicted molar refractivity (Wildman–Crippen MR) is 59.3 cm³/mol. The molecule has 2 bridgehead atoms. The maximum absolute atomic E-state index is 6.32. The number of rotatable bonds is 3. The monoisotopic (exact) mass is 205 g/mol. The van der Waals surface area contributed by atoms with Crippen LogP contribution in [0.2, 0.25) is 0 Å². The highest BCUT2D eigenvalue weighted by molar-refractivity contribution is 5.09. The second-order valence-electron chi connectivity index (χ2n) is 5.34. The van der Waals surface area contributed by atoms with Crippen LogP contribution in [0.15, 0.2) is 23.0 Å². The summed E-state index contributed by atoms with van der Waals surface area (Å²) in [4.78, 5) is 0. The van der Waals surface area contributed by atoms with Crippen LogP contribution in [0.4, 0.5) is 0 Å². The van der Waals surface area contributed by atoms with Crippen molar-refractivity contribution in [2.75, 3.05) is 0 Å². The van der Waals surface area contributed by atoms with Gasteiger partial charge in [-0.2, -0.15) is 0 Å². The molecule has 0 spiro atoms. The second-order valence-corrected chi connectivity index (χ2v) is 5.34. The molecule has 4 unspecified atom stereocenters. The van der Waals surface area contributed by atoms with Gasteiger partial charge in [0.2, 0.25) is 0 Å². The van der Waals surface area contributed by atoms with Crippen LogP contribution in [0.3, 0.4) is 0 Å². The lowest BCUT2D eigenvalue weighted by atomic mass is 9.82. The quantitative estimate of drug-likeness (QED) is 0.823. The highest BCUT2D eigenvalue weighted by Gasteiger charge is 2.41. The molecule has 4 atom stereocenters. The highest BCUT2D eigenvalue weighted by Crippen LogP contribution is 2.49. The van der Waals surface area contributed by atoms with Crippen molar-refractivity contribution in [1.82, 2.24) is 0 Å². The van der Waals surface area contributed by atoms with E-state index in [-0.39, 0.29) is 0 Å². The van der Waals surface area contributed by atoms with Crippen molar-refractivity contribution in [3.05, 3.63) is 24.2 Å². The number of furan rings is 1. The van der Waals surface area contributed by atoms with Gasteiger partial charge in [0.05, 0.1) is 12.5 Å². The summed E-state index contributed by atoms with van der Waals surface area (Å²) in [6, 6.07) is 2.38. The topological polar surface area (TPSA) is 39.2 Å². The number of hydrogen-bond donors (Lipinski definition) is 1. The Morgan fingerprint density at radius 3 is 2.93 bits per heavy atom. The zero-order chi connectivity index (χ0) is 10.3. The Labute approximate surface area is 90.8 Å². The lowest BCUT2D eigenvalue weighted by Gasteiger charge is -2.27. The summed E-state index contributed by atoms with van der Waals surface area (Å²) in [5.74, 6) is 2.70. The Bertz CT molecular complexity index is 319. The van der Waals surface area contributed by atoms with Crippen LogP contribution in [0.5, 0.6) is 0 Å². The third-order valence-electron chi connectivity index (χ3n) is 4.39. The lowest BCUT2D eigenvalue weighted by molar-refractivity contribution is 0.280. The van der Waals surface area contributed by atoms with Crippen LogP contribution >= 0.6 is 0 Å². The summed E-state index contributed by atoms with van der Waals surface area (Å²) in [5.41, 5.74) is 7.57. The average molecular weight is 205 g/mol. The average Bonchev–Trinajstić information content (AvgIpc) is 2.93. The molecule has 15 heavy (non-hydrogen) atoms. The van der Waals surface area contributed by atoms with Crippen molar-refractivity contribution < 1.29 is 4.42 Å². The molecule has 2 saturated carbocycles. The van der Waals surface area contributed by atoms with Gasteiger partial charge in [0, 0.05) is 6.04 Å². The predicted octanol–water partition coefficient (Wildman–Crippen LogP) is 2.59. The molecule has 3 rings (SSSR count). The first-order valence-electron chi connectivity index (χ1n) is 6.09. The van der Waals surface area contributed by atoms with Crippen LogP contribution in [-0.2, 0) is 6.42 Å². The van der Waals surface area contributed by atoms with E-state index in [9.17, 15) is 0 Å². The van der Waals surface area contributed by atoms with E-state index in [1.165, 1.54) is 31.2 Å². The van der Waals surface area contributed by atoms with Crippen LogP contribution in [-0.4, -0.2) is 6.04 Å². The zero-order valence-electron chi connectivity index (χ0n) is 9.06. The first kappa shape index (κ1) is 9.46. The van der Waals surface area contributed by atoms with Crippen LogP contribution in [0.1, 0.15) is 31.2 Å². The largest absolute Gasteiger partial charge is 0.472 e. The maximum atomic E-state index is 6.32. The molecule has 0 amide bonds. The van der Waals surface area contributed by atoms with Gasteiger partial charge in [0.1, 0.15) is 0 Å². The van der Waals surface area contributed by atoms with Crippen LogP contribution in [0, 0.1) is 17.8 Å². The van der Waals surface area contributed by atoms with Gasteiger partial charge in [0.15, 0.2) is 0 Å². The van der Waals surface area contributed by atoms with E-state index < -0.39 is 0 Å². The molecule has 2 aliphatic carbocycles. The molecule has 0 aromatic carbocycles. The smallest absolute Gasteiger partial charge is 0.0935 e. The molecule has 0 saturated heterocycles. The first-order valence-corrected chi connectivity index (χ1v) is 6.09. The normalized spacial score (nSPS) is 35.9. The molecule has 2 aliphatic rings. The molecular weight excluding hydrogens is 186 g/mol. The second kappa shape index (κ2) is 3.67. The van der Waals surface area contributed by atoms with Gasteiger partial charge in [-0.15, -0.1) is 0 Å². The fourth-order valence-electron chi connectivity index (χ4n) is 3.65. The SMILES string of the molecule is NC(Cc1ccoc1)C1CC2CCC1C2. The standard InChI is InChI=1S/C13H19NO/c14-13(7-10-3-4-15-8-10)12-6-9-1-2-11(12)5-9/h3-4,8-9,11-13H,1-2,5-7,14H2. The molecular formula is C13H19NO. The molecule has 1 aromatic rings.